The highest BCUT2D eigenvalue weighted by Crippen LogP contribution is 2.35. The monoisotopic (exact) mass is 429 g/mol. The number of fused-ring (bicyclic) bond motifs is 1. The number of benzene rings is 1. The molecule has 0 spiro atoms. The van der Waals surface area contributed by atoms with E-state index in [1.807, 2.05) is 13.2 Å². The summed E-state index contributed by atoms with van der Waals surface area (Å²) in [6, 6.07) is 4.98. The van der Waals surface area contributed by atoms with Crippen LogP contribution in [-0.4, -0.2) is 65.5 Å². The number of piperazine rings is 1. The van der Waals surface area contributed by atoms with Crippen molar-refractivity contribution in [2.75, 3.05) is 19.5 Å². The average Bonchev–Trinajstić information content (AvgIpc) is 3.30. The molecule has 3 atom stereocenters. The van der Waals surface area contributed by atoms with E-state index in [-0.39, 0.29) is 30.0 Å². The number of anilines is 1. The van der Waals surface area contributed by atoms with Gasteiger partial charge in [0.05, 0.1) is 30.1 Å². The minimum atomic E-state index is -1.00. The minimum Gasteiger partial charge on any atom is -0.495 e. The van der Waals surface area contributed by atoms with E-state index < -0.39 is 5.97 Å². The third-order valence-corrected chi connectivity index (χ3v) is 6.54. The third-order valence-electron chi connectivity index (χ3n) is 6.54. The van der Waals surface area contributed by atoms with Crippen molar-refractivity contribution in [3.63, 3.8) is 0 Å². The van der Waals surface area contributed by atoms with Crippen molar-refractivity contribution in [3.8, 4) is 5.75 Å². The fraction of sp³-hybridized carbons (Fsp3) is 0.545. The molecule has 3 aliphatic rings. The van der Waals surface area contributed by atoms with Gasteiger partial charge in [-0.15, -0.1) is 0 Å². The van der Waals surface area contributed by atoms with Crippen molar-refractivity contribution >= 4 is 17.6 Å². The summed E-state index contributed by atoms with van der Waals surface area (Å²) in [4.78, 5) is 28.4. The quantitative estimate of drug-likeness (QED) is 0.544. The number of nitrogens with zero attached hydrogens (tertiary/aromatic N) is 2. The molecule has 1 aromatic carbocycles. The van der Waals surface area contributed by atoms with Gasteiger partial charge in [0.1, 0.15) is 11.9 Å². The van der Waals surface area contributed by atoms with Gasteiger partial charge in [0.15, 0.2) is 6.29 Å². The predicted octanol–water partition coefficient (Wildman–Crippen LogP) is 1.94. The van der Waals surface area contributed by atoms with Crippen LogP contribution in [0.2, 0.25) is 0 Å². The summed E-state index contributed by atoms with van der Waals surface area (Å²) in [7, 11) is 3.35. The number of hydrogen-bond acceptors (Lipinski definition) is 7. The van der Waals surface area contributed by atoms with Gasteiger partial charge in [0, 0.05) is 19.3 Å². The molecule has 0 radical (unpaired) electrons. The molecule has 1 amide bonds. The van der Waals surface area contributed by atoms with Crippen molar-refractivity contribution < 1.29 is 19.4 Å². The molecule has 31 heavy (non-hydrogen) atoms. The summed E-state index contributed by atoms with van der Waals surface area (Å²) >= 11 is 0. The van der Waals surface area contributed by atoms with Crippen LogP contribution in [0.5, 0.6) is 5.75 Å². The molecule has 1 aliphatic carbocycles. The van der Waals surface area contributed by atoms with E-state index in [4.69, 9.17) is 4.74 Å². The van der Waals surface area contributed by atoms with Crippen molar-refractivity contribution in [1.29, 1.82) is 0 Å². The second-order valence-electron chi connectivity index (χ2n) is 8.31. The fourth-order valence-corrected chi connectivity index (χ4v) is 4.95. The summed E-state index contributed by atoms with van der Waals surface area (Å²) in [6.07, 6.45) is 6.84. The van der Waals surface area contributed by atoms with E-state index in [0.717, 1.165) is 25.0 Å². The topological polar surface area (TPSA) is 106 Å². The Kier molecular flexibility index (Phi) is 6.06. The molecule has 2 fully saturated rings. The highest BCUT2D eigenvalue weighted by atomic mass is 16.5. The molecule has 9 nitrogen and oxygen atoms in total. The van der Waals surface area contributed by atoms with Crippen LogP contribution in [0, 0.1) is 0 Å². The number of methoxy groups -OCH3 is 1. The van der Waals surface area contributed by atoms with Gasteiger partial charge in [0.2, 0.25) is 5.91 Å². The van der Waals surface area contributed by atoms with Gasteiger partial charge < -0.3 is 25.4 Å². The Morgan fingerprint density at radius 2 is 2.06 bits per heavy atom. The van der Waals surface area contributed by atoms with E-state index in [1.165, 1.54) is 26.0 Å². The Morgan fingerprint density at radius 3 is 2.71 bits per heavy atom. The number of nitrogens with one attached hydrogen (secondary N) is 3. The summed E-state index contributed by atoms with van der Waals surface area (Å²) < 4.78 is 5.39. The van der Waals surface area contributed by atoms with Crippen LogP contribution in [-0.2, 0) is 4.79 Å². The van der Waals surface area contributed by atoms with Crippen LogP contribution in [0.4, 0.5) is 5.69 Å². The van der Waals surface area contributed by atoms with Crippen LogP contribution in [0.3, 0.4) is 0 Å². The number of carbonyl (C=O) groups is 2. The maximum absolute atomic E-state index is 13.0. The Morgan fingerprint density at radius 1 is 1.32 bits per heavy atom. The molecular formula is C22H31N5O4. The van der Waals surface area contributed by atoms with Crippen LogP contribution >= 0.6 is 0 Å². The number of carboxylic acid groups (broad SMARTS) is 1. The number of hydrogen-bond donors (Lipinski definition) is 4. The molecule has 3 unspecified atom stereocenters. The summed E-state index contributed by atoms with van der Waals surface area (Å²) in [5, 5.41) is 19.5. The number of carboxylic acids is 1. The van der Waals surface area contributed by atoms with Gasteiger partial charge in [-0.05, 0) is 37.5 Å². The van der Waals surface area contributed by atoms with Gasteiger partial charge in [0.25, 0.3) is 0 Å². The van der Waals surface area contributed by atoms with E-state index >= 15 is 0 Å². The van der Waals surface area contributed by atoms with Crippen molar-refractivity contribution in [2.24, 2.45) is 0 Å². The Labute approximate surface area is 182 Å². The summed E-state index contributed by atoms with van der Waals surface area (Å²) in [6.45, 7) is 2.07. The molecule has 1 saturated carbocycles. The third kappa shape index (κ3) is 3.95. The first-order valence-electron chi connectivity index (χ1n) is 10.9. The van der Waals surface area contributed by atoms with Crippen molar-refractivity contribution in [1.82, 2.24) is 20.4 Å². The van der Waals surface area contributed by atoms with Crippen LogP contribution in [0.1, 0.15) is 49.4 Å². The molecule has 4 rings (SSSR count). The van der Waals surface area contributed by atoms with E-state index in [1.54, 1.807) is 17.0 Å². The number of carbonyl (C=O) groups excluding carboxylic acids is 1. The summed E-state index contributed by atoms with van der Waals surface area (Å²) in [5.41, 5.74) is 1.75. The van der Waals surface area contributed by atoms with Gasteiger partial charge in [-0.3, -0.25) is 15.0 Å². The number of ether oxygens (including phenoxy) is 1. The maximum atomic E-state index is 13.0. The Bertz CT molecular complexity index is 883. The highest BCUT2D eigenvalue weighted by Gasteiger charge is 2.47. The smallest absolute Gasteiger partial charge is 0.335 e. The first-order chi connectivity index (χ1) is 14.9. The van der Waals surface area contributed by atoms with Crippen LogP contribution in [0.25, 0.3) is 0 Å². The first-order valence-corrected chi connectivity index (χ1v) is 10.9. The van der Waals surface area contributed by atoms with E-state index in [2.05, 4.69) is 27.8 Å². The molecule has 1 aromatic rings. The van der Waals surface area contributed by atoms with Gasteiger partial charge in [-0.1, -0.05) is 19.8 Å². The highest BCUT2D eigenvalue weighted by molar-refractivity contribution is 5.89. The molecule has 4 N–H and O–H groups in total. The number of likely N-dealkylation sites (N-methyl/N-ethyl adjacent to an activating group) is 1. The van der Waals surface area contributed by atoms with Crippen molar-refractivity contribution in [2.45, 2.75) is 63.6 Å². The molecule has 9 heteroatoms. The zero-order valence-electron chi connectivity index (χ0n) is 18.2. The van der Waals surface area contributed by atoms with E-state index in [9.17, 15) is 14.7 Å². The molecule has 1 saturated heterocycles. The lowest BCUT2D eigenvalue weighted by atomic mass is 9.99. The van der Waals surface area contributed by atoms with Crippen molar-refractivity contribution in [3.05, 3.63) is 35.7 Å². The predicted molar refractivity (Wildman–Crippen MR) is 116 cm³/mol. The van der Waals surface area contributed by atoms with Gasteiger partial charge in [-0.2, -0.15) is 0 Å². The number of amides is 1. The lowest BCUT2D eigenvalue weighted by Crippen LogP contribution is -2.70. The standard InChI is InChI=1S/C22H31N5O4/c1-4-16-20(28)26(2)17-12-23-22(25-19(17)27(16)14-7-5-6-8-14)24-15-10-9-13(21(29)30)11-18(15)31-3/h9-12,14,16,19,22-25H,4-8H2,1-3H3,(H,29,30). The normalized spacial score (nSPS) is 26.8. The molecule has 0 bridgehead atoms. The minimum absolute atomic E-state index is 0.0983. The average molecular weight is 430 g/mol. The molecule has 168 valence electrons. The van der Waals surface area contributed by atoms with Crippen LogP contribution in [0.15, 0.2) is 30.1 Å². The van der Waals surface area contributed by atoms with E-state index in [0.29, 0.717) is 17.5 Å². The summed E-state index contributed by atoms with van der Waals surface area (Å²) in [5.74, 6) is -0.412. The Balaban J connectivity index is 1.59. The first kappa shape index (κ1) is 21.5. The Hall–Kier alpha value is -2.78. The zero-order chi connectivity index (χ0) is 22.1. The molecule has 2 aliphatic heterocycles. The SMILES string of the molecule is CCC1C(=O)N(C)C2=CNC(Nc3ccc(C(=O)O)cc3OC)NC2N1C1CCCC1. The maximum Gasteiger partial charge on any atom is 0.335 e. The molecule has 2 heterocycles. The second kappa shape index (κ2) is 8.76. The number of aromatic carboxylic acids is 1. The lowest BCUT2D eigenvalue weighted by Gasteiger charge is -2.51. The number of rotatable bonds is 6. The zero-order valence-corrected chi connectivity index (χ0v) is 18.2. The lowest BCUT2D eigenvalue weighted by molar-refractivity contribution is -0.143. The second-order valence-corrected chi connectivity index (χ2v) is 8.31. The van der Waals surface area contributed by atoms with Gasteiger partial charge >= 0.3 is 5.97 Å². The van der Waals surface area contributed by atoms with Gasteiger partial charge in [-0.25, -0.2) is 4.79 Å². The largest absolute Gasteiger partial charge is 0.495 e. The molecular weight excluding hydrogens is 398 g/mol. The van der Waals surface area contributed by atoms with Crippen LogP contribution < -0.4 is 20.7 Å². The fourth-order valence-electron chi connectivity index (χ4n) is 4.95. The molecule has 0 aromatic heterocycles.